The van der Waals surface area contributed by atoms with Crippen LogP contribution in [-0.2, 0) is 11.2 Å². The number of halogens is 2. The maximum absolute atomic E-state index is 11.4. The lowest BCUT2D eigenvalue weighted by Crippen LogP contribution is -2.03. The summed E-state index contributed by atoms with van der Waals surface area (Å²) < 4.78 is 1.06. The molecule has 1 aliphatic rings. The highest BCUT2D eigenvalue weighted by Crippen LogP contribution is 2.38. The fourth-order valence-corrected chi connectivity index (χ4v) is 3.71. The predicted octanol–water partition coefficient (Wildman–Crippen LogP) is 4.82. The molecule has 1 N–H and O–H groups in total. The molecule has 0 saturated carbocycles. The van der Waals surface area contributed by atoms with Gasteiger partial charge in [0.1, 0.15) is 0 Å². The van der Waals surface area contributed by atoms with Crippen molar-refractivity contribution in [2.75, 3.05) is 5.32 Å². The molecule has 1 aromatic rings. The van der Waals surface area contributed by atoms with Crippen LogP contribution in [0.4, 0.5) is 5.69 Å². The van der Waals surface area contributed by atoms with Gasteiger partial charge in [-0.05, 0) is 36.0 Å². The van der Waals surface area contributed by atoms with E-state index in [4.69, 9.17) is 0 Å². The van der Waals surface area contributed by atoms with E-state index in [2.05, 4.69) is 57.1 Å². The topological polar surface area (TPSA) is 29.1 Å². The molecule has 0 radical (unpaired) electrons. The number of fused-ring (bicyclic) bond motifs is 1. The highest BCUT2D eigenvalue weighted by atomic mass is 79.9. The van der Waals surface area contributed by atoms with Crippen LogP contribution in [0.15, 0.2) is 16.6 Å². The predicted molar refractivity (Wildman–Crippen MR) is 82.2 cm³/mol. The smallest absolute Gasteiger partial charge is 0.228 e. The maximum atomic E-state index is 11.4. The van der Waals surface area contributed by atoms with Crippen molar-refractivity contribution in [3.63, 3.8) is 0 Å². The van der Waals surface area contributed by atoms with Crippen molar-refractivity contribution in [2.24, 2.45) is 5.92 Å². The Labute approximate surface area is 125 Å². The van der Waals surface area contributed by atoms with Crippen molar-refractivity contribution in [3.05, 3.63) is 27.7 Å². The van der Waals surface area contributed by atoms with Crippen LogP contribution in [0.5, 0.6) is 0 Å². The minimum absolute atomic E-state index is 0.0855. The van der Waals surface area contributed by atoms with E-state index in [1.165, 1.54) is 12.0 Å². The van der Waals surface area contributed by atoms with Crippen LogP contribution in [-0.4, -0.2) is 5.91 Å². The molecule has 1 amide bonds. The van der Waals surface area contributed by atoms with Gasteiger partial charge in [-0.2, -0.15) is 0 Å². The lowest BCUT2D eigenvalue weighted by Gasteiger charge is -2.15. The molecule has 4 heteroatoms. The zero-order chi connectivity index (χ0) is 13.3. The van der Waals surface area contributed by atoms with Crippen LogP contribution in [0, 0.1) is 5.92 Å². The van der Waals surface area contributed by atoms with Gasteiger partial charge < -0.3 is 5.32 Å². The van der Waals surface area contributed by atoms with E-state index in [1.54, 1.807) is 0 Å². The molecule has 1 atom stereocenters. The Morgan fingerprint density at radius 1 is 1.33 bits per heavy atom. The number of rotatable bonds is 4. The Morgan fingerprint density at radius 2 is 2.06 bits per heavy atom. The lowest BCUT2D eigenvalue weighted by atomic mass is 10.00. The number of hydrogen-bond donors (Lipinski definition) is 1. The number of carbonyl (C=O) groups excluding carboxylic acids is 1. The molecule has 2 rings (SSSR count). The first kappa shape index (κ1) is 14.1. The first-order chi connectivity index (χ1) is 8.47. The Hall–Kier alpha value is -0.350. The van der Waals surface area contributed by atoms with Crippen molar-refractivity contribution in [1.29, 1.82) is 0 Å². The molecule has 0 aromatic heterocycles. The van der Waals surface area contributed by atoms with Gasteiger partial charge >= 0.3 is 0 Å². The van der Waals surface area contributed by atoms with E-state index in [-0.39, 0.29) is 5.91 Å². The molecular weight excluding hydrogens is 358 g/mol. The van der Waals surface area contributed by atoms with Gasteiger partial charge in [0.05, 0.1) is 6.42 Å². The summed E-state index contributed by atoms with van der Waals surface area (Å²) in [6.45, 7) is 4.47. The van der Waals surface area contributed by atoms with Crippen molar-refractivity contribution in [3.8, 4) is 0 Å². The summed E-state index contributed by atoms with van der Waals surface area (Å²) in [5.41, 5.74) is 3.29. The van der Waals surface area contributed by atoms with Gasteiger partial charge in [0.2, 0.25) is 5.91 Å². The molecular formula is C14H17Br2NO. The zero-order valence-corrected chi connectivity index (χ0v) is 13.8. The summed E-state index contributed by atoms with van der Waals surface area (Å²) in [6, 6.07) is 4.15. The fraction of sp³-hybridized carbons (Fsp3) is 0.500. The van der Waals surface area contributed by atoms with Crippen molar-refractivity contribution < 1.29 is 4.79 Å². The van der Waals surface area contributed by atoms with Gasteiger partial charge in [0, 0.05) is 15.0 Å². The van der Waals surface area contributed by atoms with E-state index in [1.807, 2.05) is 6.07 Å². The number of alkyl halides is 1. The zero-order valence-electron chi connectivity index (χ0n) is 10.6. The molecule has 1 unspecified atom stereocenters. The van der Waals surface area contributed by atoms with Crippen LogP contribution in [0.2, 0.25) is 0 Å². The van der Waals surface area contributed by atoms with E-state index >= 15 is 0 Å². The number of anilines is 1. The van der Waals surface area contributed by atoms with Crippen molar-refractivity contribution in [1.82, 2.24) is 0 Å². The quantitative estimate of drug-likeness (QED) is 0.752. The fourth-order valence-electron chi connectivity index (χ4n) is 2.14. The summed E-state index contributed by atoms with van der Waals surface area (Å²) in [7, 11) is 0. The molecule has 1 heterocycles. The Balaban J connectivity index is 2.19. The average Bonchev–Trinajstić information content (AvgIpc) is 2.64. The molecule has 98 valence electrons. The molecule has 0 spiro atoms. The lowest BCUT2D eigenvalue weighted by molar-refractivity contribution is -0.115. The number of benzene rings is 1. The monoisotopic (exact) mass is 373 g/mol. The van der Waals surface area contributed by atoms with Crippen molar-refractivity contribution >= 4 is 43.5 Å². The maximum Gasteiger partial charge on any atom is 0.228 e. The van der Waals surface area contributed by atoms with Crippen LogP contribution >= 0.6 is 31.9 Å². The molecule has 1 aromatic carbocycles. The Kier molecular flexibility index (Phi) is 4.49. The Bertz CT molecular complexity index is 471. The van der Waals surface area contributed by atoms with Crippen molar-refractivity contribution in [2.45, 2.75) is 37.9 Å². The van der Waals surface area contributed by atoms with Gasteiger partial charge in [-0.3, -0.25) is 4.79 Å². The number of carbonyl (C=O) groups is 1. The van der Waals surface area contributed by atoms with Crippen LogP contribution in [0.25, 0.3) is 0 Å². The number of amides is 1. The van der Waals surface area contributed by atoms with Gasteiger partial charge in [0.25, 0.3) is 0 Å². The van der Waals surface area contributed by atoms with E-state index in [0.717, 1.165) is 22.1 Å². The van der Waals surface area contributed by atoms with E-state index in [9.17, 15) is 4.79 Å². The second-order valence-electron chi connectivity index (χ2n) is 5.19. The highest BCUT2D eigenvalue weighted by Gasteiger charge is 2.21. The summed E-state index contributed by atoms with van der Waals surface area (Å²) in [5.74, 6) is 0.795. The minimum Gasteiger partial charge on any atom is -0.325 e. The van der Waals surface area contributed by atoms with Gasteiger partial charge in [-0.1, -0.05) is 51.8 Å². The molecule has 0 fully saturated rings. The average molecular weight is 375 g/mol. The first-order valence-corrected chi connectivity index (χ1v) is 7.94. The SMILES string of the molecule is CC(C)CCC(Br)c1cc2c(cc1Br)NC(=O)C2. The second kappa shape index (κ2) is 5.74. The van der Waals surface area contributed by atoms with Crippen LogP contribution in [0.3, 0.4) is 0 Å². The third-order valence-corrected chi connectivity index (χ3v) is 4.82. The normalized spacial score (nSPS) is 15.7. The molecule has 0 bridgehead atoms. The summed E-state index contributed by atoms with van der Waals surface area (Å²) in [5, 5.41) is 2.87. The summed E-state index contributed by atoms with van der Waals surface area (Å²) in [6.07, 6.45) is 2.80. The summed E-state index contributed by atoms with van der Waals surface area (Å²) >= 11 is 7.35. The van der Waals surface area contributed by atoms with Gasteiger partial charge in [0.15, 0.2) is 0 Å². The van der Waals surface area contributed by atoms with Crippen LogP contribution < -0.4 is 5.32 Å². The third kappa shape index (κ3) is 3.15. The molecule has 0 aliphatic carbocycles. The van der Waals surface area contributed by atoms with Gasteiger partial charge in [-0.15, -0.1) is 0 Å². The minimum atomic E-state index is 0.0855. The third-order valence-electron chi connectivity index (χ3n) is 3.18. The highest BCUT2D eigenvalue weighted by molar-refractivity contribution is 9.11. The molecule has 1 aliphatic heterocycles. The first-order valence-electron chi connectivity index (χ1n) is 6.23. The largest absolute Gasteiger partial charge is 0.325 e. The standard InChI is InChI=1S/C14H17Br2NO/c1-8(2)3-4-11(15)10-5-9-6-14(18)17-13(9)7-12(10)16/h5,7-8,11H,3-4,6H2,1-2H3,(H,17,18). The van der Waals surface area contributed by atoms with E-state index in [0.29, 0.717) is 17.2 Å². The Morgan fingerprint density at radius 3 is 2.72 bits per heavy atom. The number of nitrogens with one attached hydrogen (secondary N) is 1. The van der Waals surface area contributed by atoms with E-state index < -0.39 is 0 Å². The van der Waals surface area contributed by atoms with Gasteiger partial charge in [-0.25, -0.2) is 0 Å². The summed E-state index contributed by atoms with van der Waals surface area (Å²) in [4.78, 5) is 11.7. The molecule has 0 saturated heterocycles. The number of hydrogen-bond acceptors (Lipinski definition) is 1. The van der Waals surface area contributed by atoms with Crippen LogP contribution in [0.1, 0.15) is 42.6 Å². The second-order valence-corrected chi connectivity index (χ2v) is 7.15. The molecule has 18 heavy (non-hydrogen) atoms. The molecule has 2 nitrogen and oxygen atoms in total.